The molecule has 0 heterocycles. The molecule has 0 spiro atoms. The minimum absolute atomic E-state index is 0. The van der Waals surface area contributed by atoms with Gasteiger partial charge in [-0.3, -0.25) is 0 Å². The average molecular weight is 700 g/mol. The lowest BCUT2D eigenvalue weighted by Crippen LogP contribution is -2.25. The van der Waals surface area contributed by atoms with Crippen molar-refractivity contribution in [3.63, 3.8) is 0 Å². The number of ether oxygens (including phenoxy) is 4. The summed E-state index contributed by atoms with van der Waals surface area (Å²) in [6.07, 6.45) is 22.2. The van der Waals surface area contributed by atoms with E-state index in [4.69, 9.17) is 18.9 Å². The average Bonchev–Trinajstić information content (AvgIpc) is 3.11. The van der Waals surface area contributed by atoms with Crippen molar-refractivity contribution in [1.82, 2.24) is 0 Å². The molecule has 2 atom stereocenters. The Hall–Kier alpha value is -2.98. The van der Waals surface area contributed by atoms with Crippen LogP contribution < -0.4 is 18.9 Å². The van der Waals surface area contributed by atoms with Crippen molar-refractivity contribution in [1.29, 1.82) is 5.26 Å². The van der Waals surface area contributed by atoms with Gasteiger partial charge in [0.15, 0.2) is 11.5 Å². The number of hydrogen-bond acceptors (Lipinski definition) is 7. The van der Waals surface area contributed by atoms with Crippen LogP contribution in [0.1, 0.15) is 141 Å². The van der Waals surface area contributed by atoms with E-state index in [0.29, 0.717) is 23.9 Å². The van der Waals surface area contributed by atoms with Crippen LogP contribution in [0.3, 0.4) is 0 Å². The lowest BCUT2D eigenvalue weighted by molar-refractivity contribution is 0.323. The molecular weight excluding hydrogens is 634 g/mol. The van der Waals surface area contributed by atoms with E-state index in [1.165, 1.54) is 77.0 Å². The van der Waals surface area contributed by atoms with Gasteiger partial charge in [0, 0.05) is 7.05 Å². The largest absolute Gasteiger partial charge is 0.494 e. The molecule has 276 valence electrons. The van der Waals surface area contributed by atoms with Gasteiger partial charge in [-0.15, -0.1) is 12.4 Å². The Kier molecular flexibility index (Phi) is 24.1. The maximum Gasteiger partial charge on any atom is 0.203 e. The van der Waals surface area contributed by atoms with E-state index in [1.807, 2.05) is 31.2 Å². The van der Waals surface area contributed by atoms with Gasteiger partial charge < -0.3 is 18.9 Å². The molecule has 2 unspecified atom stereocenters. The summed E-state index contributed by atoms with van der Waals surface area (Å²) >= 11 is 0. The van der Waals surface area contributed by atoms with Crippen molar-refractivity contribution in [3.8, 4) is 29.1 Å². The maximum atomic E-state index is 10.7. The van der Waals surface area contributed by atoms with Crippen molar-refractivity contribution < 1.29 is 18.9 Å². The summed E-state index contributed by atoms with van der Waals surface area (Å²) in [7, 11) is 6.63. The van der Waals surface area contributed by atoms with Gasteiger partial charge >= 0.3 is 0 Å². The van der Waals surface area contributed by atoms with Gasteiger partial charge in [-0.1, -0.05) is 103 Å². The number of rotatable bonds is 28. The van der Waals surface area contributed by atoms with E-state index < -0.39 is 5.41 Å². The molecule has 0 N–H and O–H groups in total. The Labute approximate surface area is 305 Å². The summed E-state index contributed by atoms with van der Waals surface area (Å²) < 4.78 is 22.4. The molecule has 0 saturated heterocycles. The summed E-state index contributed by atoms with van der Waals surface area (Å²) in [6.45, 7) is 4.89. The van der Waals surface area contributed by atoms with Gasteiger partial charge in [0.25, 0.3) is 0 Å². The first-order chi connectivity index (χ1) is 23.5. The van der Waals surface area contributed by atoms with E-state index >= 15 is 0 Å². The molecule has 0 bridgehead atoms. The number of unbranched alkanes of at least 4 members (excludes halogenated alkanes) is 12. The van der Waals surface area contributed by atoms with E-state index in [9.17, 15) is 5.26 Å². The Morgan fingerprint density at radius 2 is 1.31 bits per heavy atom. The number of nitrogens with zero attached hydrogens (tertiary/aromatic N) is 3. The minimum Gasteiger partial charge on any atom is -0.494 e. The highest BCUT2D eigenvalue weighted by Gasteiger charge is 2.32. The topological polar surface area (TPSA) is 85.4 Å². The maximum absolute atomic E-state index is 10.7. The van der Waals surface area contributed by atoms with Gasteiger partial charge in [-0.2, -0.15) is 15.5 Å². The van der Waals surface area contributed by atoms with Crippen LogP contribution >= 0.6 is 12.4 Å². The van der Waals surface area contributed by atoms with Gasteiger partial charge in [-0.25, -0.2) is 0 Å². The Morgan fingerprint density at radius 1 is 0.735 bits per heavy atom. The zero-order chi connectivity index (χ0) is 34.9. The number of nitriles is 1. The van der Waals surface area contributed by atoms with Crippen LogP contribution in [0.4, 0.5) is 0 Å². The molecule has 0 radical (unpaired) electrons. The first-order valence-electron chi connectivity index (χ1n) is 18.7. The van der Waals surface area contributed by atoms with Gasteiger partial charge in [0.05, 0.1) is 45.5 Å². The fourth-order valence-electron chi connectivity index (χ4n) is 6.76. The number of hydrogen-bond donors (Lipinski definition) is 0. The van der Waals surface area contributed by atoms with Crippen LogP contribution in [-0.4, -0.2) is 41.0 Å². The summed E-state index contributed by atoms with van der Waals surface area (Å²) in [5.41, 5.74) is 1.62. The molecule has 0 saturated carbocycles. The molecule has 0 aliphatic heterocycles. The molecule has 0 aliphatic rings. The summed E-state index contributed by atoms with van der Waals surface area (Å²) in [5, 5.41) is 19.5. The first-order valence-corrected chi connectivity index (χ1v) is 18.7. The molecule has 0 aromatic heterocycles. The number of aryl methyl sites for hydroxylation is 1. The van der Waals surface area contributed by atoms with Gasteiger partial charge in [-0.05, 0) is 80.8 Å². The number of benzene rings is 2. The number of methoxy groups -OCH3 is 3. The normalized spacial score (nSPS) is 12.9. The third-order valence-corrected chi connectivity index (χ3v) is 9.53. The third-order valence-electron chi connectivity index (χ3n) is 9.53. The number of halogens is 1. The summed E-state index contributed by atoms with van der Waals surface area (Å²) in [6, 6.07) is 15.1. The van der Waals surface area contributed by atoms with Crippen LogP contribution in [0.5, 0.6) is 23.0 Å². The van der Waals surface area contributed by atoms with E-state index in [2.05, 4.69) is 35.4 Å². The molecule has 49 heavy (non-hydrogen) atoms. The summed E-state index contributed by atoms with van der Waals surface area (Å²) in [5.74, 6) is 2.74. The second kappa shape index (κ2) is 26.8. The van der Waals surface area contributed by atoms with Crippen LogP contribution in [0.15, 0.2) is 46.6 Å². The highest BCUT2D eigenvalue weighted by Crippen LogP contribution is 2.39. The van der Waals surface area contributed by atoms with Crippen molar-refractivity contribution in [3.05, 3.63) is 47.5 Å². The molecule has 0 fully saturated rings. The minimum atomic E-state index is -0.546. The zero-order valence-corrected chi connectivity index (χ0v) is 32.4. The predicted molar refractivity (Wildman–Crippen MR) is 205 cm³/mol. The van der Waals surface area contributed by atoms with Crippen LogP contribution in [0.2, 0.25) is 0 Å². The third kappa shape index (κ3) is 16.1. The molecular formula is C41H66ClN3O4. The first kappa shape index (κ1) is 44.0. The van der Waals surface area contributed by atoms with Crippen molar-refractivity contribution in [2.45, 2.75) is 147 Å². The second-order valence-electron chi connectivity index (χ2n) is 13.1. The Balaban J connectivity index is 0.0000120. The van der Waals surface area contributed by atoms with Gasteiger partial charge in [0.2, 0.25) is 5.75 Å². The molecule has 8 heteroatoms. The van der Waals surface area contributed by atoms with Gasteiger partial charge in [0.1, 0.15) is 5.75 Å². The van der Waals surface area contributed by atoms with E-state index in [0.717, 1.165) is 61.8 Å². The fraction of sp³-hybridized carbons (Fsp3) is 0.683. The molecule has 0 aliphatic carbocycles. The zero-order valence-electron chi connectivity index (χ0n) is 31.6. The second-order valence-corrected chi connectivity index (χ2v) is 13.1. The van der Waals surface area contributed by atoms with Crippen LogP contribution in [-0.2, 0) is 11.8 Å². The van der Waals surface area contributed by atoms with Crippen LogP contribution in [0.25, 0.3) is 0 Å². The van der Waals surface area contributed by atoms with E-state index in [-0.39, 0.29) is 18.4 Å². The summed E-state index contributed by atoms with van der Waals surface area (Å²) in [4.78, 5) is 0. The lowest BCUT2D eigenvalue weighted by atomic mass is 9.73. The van der Waals surface area contributed by atoms with Crippen molar-refractivity contribution in [2.24, 2.45) is 10.2 Å². The van der Waals surface area contributed by atoms with Crippen molar-refractivity contribution >= 4 is 12.4 Å². The Bertz CT molecular complexity index is 1190. The predicted octanol–water partition coefficient (Wildman–Crippen LogP) is 12.0. The SMILES string of the molecule is CCCCCCCCCCCCCCCC(C#N)(CCCC(CCc1cc(OC)c(OC)c(OC)c1)N=NC)c1cccc(OCC)c1.Cl. The molecule has 2 aromatic carbocycles. The van der Waals surface area contributed by atoms with Crippen LogP contribution in [0, 0.1) is 11.3 Å². The molecule has 2 aromatic rings. The van der Waals surface area contributed by atoms with E-state index in [1.54, 1.807) is 28.4 Å². The number of azo groups is 1. The molecule has 2 rings (SSSR count). The molecule has 7 nitrogen and oxygen atoms in total. The monoisotopic (exact) mass is 699 g/mol. The quantitative estimate of drug-likeness (QED) is 0.0652. The highest BCUT2D eigenvalue weighted by atomic mass is 35.5. The Morgan fingerprint density at radius 3 is 1.82 bits per heavy atom. The lowest BCUT2D eigenvalue weighted by Gasteiger charge is -2.28. The standard InChI is InChI=1S/C41H65N3O4.ClH/c1-7-9-10-11-12-13-14-15-16-17-18-19-20-28-41(33-42,35-23-21-25-37(32-35)48-8-2)29-22-24-36(44-43-3)27-26-34-30-38(45-4)40(47-6)39(31-34)46-5;/h21,23,25,30-32,36H,7-20,22,24,26-29H2,1-6H3;1H. The fourth-order valence-corrected chi connectivity index (χ4v) is 6.76. The molecule has 0 amide bonds. The smallest absolute Gasteiger partial charge is 0.203 e. The highest BCUT2D eigenvalue weighted by molar-refractivity contribution is 5.85. The van der Waals surface area contributed by atoms with Crippen molar-refractivity contribution in [2.75, 3.05) is 35.0 Å².